The Hall–Kier alpha value is -2.08. The molecule has 0 unspecified atom stereocenters. The highest BCUT2D eigenvalue weighted by Crippen LogP contribution is 2.45. The van der Waals surface area contributed by atoms with Crippen LogP contribution in [-0.4, -0.2) is 49.2 Å². The van der Waals surface area contributed by atoms with Crippen LogP contribution in [0.5, 0.6) is 0 Å². The lowest BCUT2D eigenvalue weighted by atomic mass is 9.86. The number of amides is 3. The Morgan fingerprint density at radius 3 is 2.59 bits per heavy atom. The Balaban J connectivity index is 1.27. The molecular formula is C21H29N3O3. The predicted octanol–water partition coefficient (Wildman–Crippen LogP) is 3.39. The molecule has 6 nitrogen and oxygen atoms in total. The van der Waals surface area contributed by atoms with Gasteiger partial charge in [0, 0.05) is 37.5 Å². The van der Waals surface area contributed by atoms with Gasteiger partial charge in [-0.2, -0.15) is 0 Å². The van der Waals surface area contributed by atoms with Crippen molar-refractivity contribution in [1.29, 1.82) is 0 Å². The SMILES string of the molecule is O=C(NC[C@H]1CCCO1)c1ccc(NC(=O)N2CCC3(CCCC3)C2)cc1. The summed E-state index contributed by atoms with van der Waals surface area (Å²) in [6.07, 6.45) is 8.44. The van der Waals surface area contributed by atoms with Crippen molar-refractivity contribution in [2.75, 3.05) is 31.6 Å². The molecule has 4 rings (SSSR count). The third-order valence-electron chi connectivity index (χ3n) is 6.30. The number of nitrogens with one attached hydrogen (secondary N) is 2. The molecule has 3 fully saturated rings. The van der Waals surface area contributed by atoms with Crippen LogP contribution in [0.25, 0.3) is 0 Å². The van der Waals surface area contributed by atoms with Crippen LogP contribution in [0.15, 0.2) is 24.3 Å². The summed E-state index contributed by atoms with van der Waals surface area (Å²) in [7, 11) is 0. The standard InChI is InChI=1S/C21H29N3O3/c25-19(22-14-18-4-3-13-27-18)16-5-7-17(8-6-16)23-20(26)24-12-11-21(15-24)9-1-2-10-21/h5-8,18H,1-4,9-15H2,(H,22,25)(H,23,26)/t18-/m1/s1. The normalized spacial score (nSPS) is 23.7. The zero-order valence-electron chi connectivity index (χ0n) is 15.8. The van der Waals surface area contributed by atoms with Gasteiger partial charge in [-0.3, -0.25) is 4.79 Å². The highest BCUT2D eigenvalue weighted by molar-refractivity contribution is 5.95. The van der Waals surface area contributed by atoms with Gasteiger partial charge in [0.25, 0.3) is 5.91 Å². The molecular weight excluding hydrogens is 342 g/mol. The molecule has 2 saturated heterocycles. The van der Waals surface area contributed by atoms with Crippen molar-refractivity contribution in [1.82, 2.24) is 10.2 Å². The second-order valence-corrected chi connectivity index (χ2v) is 8.23. The number of nitrogens with zero attached hydrogens (tertiary/aromatic N) is 1. The van der Waals surface area contributed by atoms with E-state index in [-0.39, 0.29) is 18.0 Å². The van der Waals surface area contributed by atoms with Crippen molar-refractivity contribution in [3.8, 4) is 0 Å². The highest BCUT2D eigenvalue weighted by Gasteiger charge is 2.41. The first-order valence-corrected chi connectivity index (χ1v) is 10.2. The number of hydrogen-bond donors (Lipinski definition) is 2. The molecule has 0 bridgehead atoms. The fourth-order valence-electron chi connectivity index (χ4n) is 4.66. The van der Waals surface area contributed by atoms with Crippen molar-refractivity contribution in [2.45, 2.75) is 51.0 Å². The number of urea groups is 1. The lowest BCUT2D eigenvalue weighted by Crippen LogP contribution is -2.34. The molecule has 146 valence electrons. The third-order valence-corrected chi connectivity index (χ3v) is 6.30. The van der Waals surface area contributed by atoms with E-state index in [2.05, 4.69) is 10.6 Å². The molecule has 27 heavy (non-hydrogen) atoms. The van der Waals surface area contributed by atoms with Gasteiger partial charge in [0.15, 0.2) is 0 Å². The fraction of sp³-hybridized carbons (Fsp3) is 0.619. The first kappa shape index (κ1) is 18.3. The van der Waals surface area contributed by atoms with Crippen LogP contribution >= 0.6 is 0 Å². The second-order valence-electron chi connectivity index (χ2n) is 8.23. The van der Waals surface area contributed by atoms with E-state index in [9.17, 15) is 9.59 Å². The van der Waals surface area contributed by atoms with E-state index >= 15 is 0 Å². The van der Waals surface area contributed by atoms with Gasteiger partial charge < -0.3 is 20.3 Å². The Morgan fingerprint density at radius 2 is 1.89 bits per heavy atom. The van der Waals surface area contributed by atoms with Crippen molar-refractivity contribution < 1.29 is 14.3 Å². The summed E-state index contributed by atoms with van der Waals surface area (Å²) in [5, 5.41) is 5.88. The van der Waals surface area contributed by atoms with Crippen molar-refractivity contribution >= 4 is 17.6 Å². The molecule has 0 radical (unpaired) electrons. The van der Waals surface area contributed by atoms with Crippen molar-refractivity contribution in [2.24, 2.45) is 5.41 Å². The van der Waals surface area contributed by atoms with Gasteiger partial charge >= 0.3 is 6.03 Å². The quantitative estimate of drug-likeness (QED) is 0.852. The van der Waals surface area contributed by atoms with Crippen LogP contribution in [0, 0.1) is 5.41 Å². The number of benzene rings is 1. The van der Waals surface area contributed by atoms with Crippen LogP contribution in [0.2, 0.25) is 0 Å². The van der Waals surface area contributed by atoms with E-state index in [1.807, 2.05) is 4.90 Å². The summed E-state index contributed by atoms with van der Waals surface area (Å²) in [4.78, 5) is 26.7. The topological polar surface area (TPSA) is 70.7 Å². The molecule has 3 amide bonds. The van der Waals surface area contributed by atoms with Gasteiger partial charge in [0.1, 0.15) is 0 Å². The first-order valence-electron chi connectivity index (χ1n) is 10.2. The van der Waals surface area contributed by atoms with Gasteiger partial charge in [-0.15, -0.1) is 0 Å². The molecule has 3 aliphatic rings. The highest BCUT2D eigenvalue weighted by atomic mass is 16.5. The van der Waals surface area contributed by atoms with Gasteiger partial charge in [-0.1, -0.05) is 12.8 Å². The van der Waals surface area contributed by atoms with Crippen LogP contribution in [0.4, 0.5) is 10.5 Å². The van der Waals surface area contributed by atoms with Gasteiger partial charge in [-0.05, 0) is 61.8 Å². The monoisotopic (exact) mass is 371 g/mol. The molecule has 2 aliphatic heterocycles. The molecule has 1 atom stereocenters. The Kier molecular flexibility index (Phi) is 5.34. The molecule has 1 aromatic rings. The molecule has 2 heterocycles. The summed E-state index contributed by atoms with van der Waals surface area (Å²) < 4.78 is 5.52. The number of anilines is 1. The number of ether oxygens (including phenoxy) is 1. The summed E-state index contributed by atoms with van der Waals surface area (Å²) in [6, 6.07) is 7.06. The maximum atomic E-state index is 12.5. The largest absolute Gasteiger partial charge is 0.376 e. The van der Waals surface area contributed by atoms with Crippen LogP contribution in [-0.2, 0) is 4.74 Å². The number of carbonyl (C=O) groups excluding carboxylic acids is 2. The maximum absolute atomic E-state index is 12.5. The van der Waals surface area contributed by atoms with Crippen molar-refractivity contribution in [3.63, 3.8) is 0 Å². The fourth-order valence-corrected chi connectivity index (χ4v) is 4.66. The predicted molar refractivity (Wildman–Crippen MR) is 104 cm³/mol. The molecule has 2 N–H and O–H groups in total. The lowest BCUT2D eigenvalue weighted by Gasteiger charge is -2.23. The molecule has 1 saturated carbocycles. The van der Waals surface area contributed by atoms with E-state index < -0.39 is 0 Å². The number of carbonyl (C=O) groups is 2. The Labute approximate surface area is 160 Å². The zero-order chi connectivity index (χ0) is 18.7. The summed E-state index contributed by atoms with van der Waals surface area (Å²) in [5.74, 6) is -0.105. The van der Waals surface area contributed by atoms with E-state index in [0.29, 0.717) is 17.5 Å². The van der Waals surface area contributed by atoms with Crippen LogP contribution in [0.1, 0.15) is 55.3 Å². The minimum absolute atomic E-state index is 0.0330. The molecule has 6 heteroatoms. The smallest absolute Gasteiger partial charge is 0.321 e. The minimum Gasteiger partial charge on any atom is -0.376 e. The molecule has 0 aromatic heterocycles. The minimum atomic E-state index is -0.105. The van der Waals surface area contributed by atoms with E-state index in [1.54, 1.807) is 24.3 Å². The Bertz CT molecular complexity index is 676. The number of hydrogen-bond acceptors (Lipinski definition) is 3. The third kappa shape index (κ3) is 4.26. The number of rotatable bonds is 4. The van der Waals surface area contributed by atoms with Gasteiger partial charge in [-0.25, -0.2) is 4.79 Å². The Morgan fingerprint density at radius 1 is 1.11 bits per heavy atom. The summed E-state index contributed by atoms with van der Waals surface area (Å²) >= 11 is 0. The van der Waals surface area contributed by atoms with Gasteiger partial charge in [0.05, 0.1) is 6.10 Å². The zero-order valence-corrected chi connectivity index (χ0v) is 15.8. The van der Waals surface area contributed by atoms with Crippen LogP contribution in [0.3, 0.4) is 0 Å². The van der Waals surface area contributed by atoms with Gasteiger partial charge in [0.2, 0.25) is 0 Å². The summed E-state index contributed by atoms with van der Waals surface area (Å²) in [5.41, 5.74) is 1.70. The van der Waals surface area contributed by atoms with E-state index in [1.165, 1.54) is 25.7 Å². The lowest BCUT2D eigenvalue weighted by molar-refractivity contribution is 0.0858. The van der Waals surface area contributed by atoms with E-state index in [0.717, 1.165) is 44.6 Å². The van der Waals surface area contributed by atoms with Crippen molar-refractivity contribution in [3.05, 3.63) is 29.8 Å². The molecule has 1 aliphatic carbocycles. The van der Waals surface area contributed by atoms with Crippen LogP contribution < -0.4 is 10.6 Å². The summed E-state index contributed by atoms with van der Waals surface area (Å²) in [6.45, 7) is 3.05. The second kappa shape index (κ2) is 7.89. The average molecular weight is 371 g/mol. The number of likely N-dealkylation sites (tertiary alicyclic amines) is 1. The molecule has 1 spiro atoms. The molecule has 1 aromatic carbocycles. The first-order chi connectivity index (χ1) is 13.1. The van der Waals surface area contributed by atoms with E-state index in [4.69, 9.17) is 4.74 Å². The maximum Gasteiger partial charge on any atom is 0.321 e. The average Bonchev–Trinajstić information content (AvgIpc) is 3.44.